The summed E-state index contributed by atoms with van der Waals surface area (Å²) in [5.41, 5.74) is 3.33. The van der Waals surface area contributed by atoms with E-state index < -0.39 is 0 Å². The number of hydrogen-bond acceptors (Lipinski definition) is 3. The van der Waals surface area contributed by atoms with Crippen LogP contribution >= 0.6 is 0 Å². The minimum Gasteiger partial charge on any atom is -0.340 e. The van der Waals surface area contributed by atoms with Crippen LogP contribution in [0.15, 0.2) is 97.7 Å². The molecule has 4 aromatic rings. The molecule has 5 heteroatoms. The zero-order valence-corrected chi connectivity index (χ0v) is 14.6. The summed E-state index contributed by atoms with van der Waals surface area (Å²) in [5.74, 6) is -0.147. The highest BCUT2D eigenvalue weighted by Crippen LogP contribution is 2.21. The zero-order chi connectivity index (χ0) is 18.5. The van der Waals surface area contributed by atoms with Crippen LogP contribution in [0, 0.1) is 0 Å². The van der Waals surface area contributed by atoms with Crippen molar-refractivity contribution in [2.45, 2.75) is 6.04 Å². The first-order valence-corrected chi connectivity index (χ1v) is 8.66. The van der Waals surface area contributed by atoms with Gasteiger partial charge in [0, 0.05) is 29.8 Å². The number of amides is 1. The summed E-state index contributed by atoms with van der Waals surface area (Å²) >= 11 is 0. The fraction of sp³-hybridized carbons (Fsp3) is 0.0455. The maximum atomic E-state index is 12.8. The molecule has 0 saturated heterocycles. The fourth-order valence-corrected chi connectivity index (χ4v) is 2.93. The van der Waals surface area contributed by atoms with Crippen LogP contribution < -0.4 is 5.32 Å². The number of imidazole rings is 1. The highest BCUT2D eigenvalue weighted by molar-refractivity contribution is 5.94. The van der Waals surface area contributed by atoms with E-state index in [4.69, 9.17) is 0 Å². The number of rotatable bonds is 5. The standard InChI is InChI=1S/C22H18N4O/c27-22(18-9-11-19(12-10-18)26-15-14-23-16-26)25-21(17-6-2-1-3-7-17)20-8-4-5-13-24-20/h1-16,21H,(H,25,27). The van der Waals surface area contributed by atoms with Crippen molar-refractivity contribution in [1.29, 1.82) is 0 Å². The lowest BCUT2D eigenvalue weighted by Crippen LogP contribution is -2.29. The summed E-state index contributed by atoms with van der Waals surface area (Å²) in [6.45, 7) is 0. The van der Waals surface area contributed by atoms with Crippen LogP contribution in [-0.2, 0) is 0 Å². The van der Waals surface area contributed by atoms with Crippen molar-refractivity contribution in [1.82, 2.24) is 19.9 Å². The smallest absolute Gasteiger partial charge is 0.252 e. The van der Waals surface area contributed by atoms with Crippen LogP contribution in [0.4, 0.5) is 0 Å². The second-order valence-corrected chi connectivity index (χ2v) is 6.09. The van der Waals surface area contributed by atoms with Crippen molar-refractivity contribution < 1.29 is 4.79 Å². The molecule has 0 fully saturated rings. The molecule has 0 radical (unpaired) electrons. The van der Waals surface area contributed by atoms with Crippen molar-refractivity contribution in [3.05, 3.63) is 115 Å². The van der Waals surface area contributed by atoms with Gasteiger partial charge < -0.3 is 9.88 Å². The lowest BCUT2D eigenvalue weighted by atomic mass is 10.0. The van der Waals surface area contributed by atoms with E-state index in [9.17, 15) is 4.79 Å². The van der Waals surface area contributed by atoms with E-state index in [0.717, 1.165) is 16.9 Å². The van der Waals surface area contributed by atoms with E-state index in [1.165, 1.54) is 0 Å². The van der Waals surface area contributed by atoms with Crippen molar-refractivity contribution in [3.63, 3.8) is 0 Å². The molecule has 2 heterocycles. The predicted octanol–water partition coefficient (Wildman–Crippen LogP) is 3.79. The molecule has 0 aliphatic heterocycles. The van der Waals surface area contributed by atoms with Gasteiger partial charge in [0.15, 0.2) is 0 Å². The Morgan fingerprint density at radius 3 is 2.33 bits per heavy atom. The highest BCUT2D eigenvalue weighted by atomic mass is 16.1. The van der Waals surface area contributed by atoms with Crippen molar-refractivity contribution >= 4 is 5.91 Å². The minimum atomic E-state index is -0.312. The zero-order valence-electron chi connectivity index (χ0n) is 14.6. The Balaban J connectivity index is 1.58. The van der Waals surface area contributed by atoms with Gasteiger partial charge in [-0.3, -0.25) is 9.78 Å². The molecule has 2 aromatic carbocycles. The van der Waals surface area contributed by atoms with Crippen LogP contribution in [0.2, 0.25) is 0 Å². The summed E-state index contributed by atoms with van der Waals surface area (Å²) in [7, 11) is 0. The number of nitrogens with zero attached hydrogens (tertiary/aromatic N) is 3. The summed E-state index contributed by atoms with van der Waals surface area (Å²) < 4.78 is 1.89. The van der Waals surface area contributed by atoms with Crippen LogP contribution in [0.5, 0.6) is 0 Å². The molecular weight excluding hydrogens is 336 g/mol. The van der Waals surface area contributed by atoms with Gasteiger partial charge in [-0.05, 0) is 42.0 Å². The summed E-state index contributed by atoms with van der Waals surface area (Å²) in [6, 6.07) is 22.6. The normalized spacial score (nSPS) is 11.7. The van der Waals surface area contributed by atoms with Gasteiger partial charge in [0.25, 0.3) is 5.91 Å². The average molecular weight is 354 g/mol. The Bertz CT molecular complexity index is 958. The maximum absolute atomic E-state index is 12.8. The predicted molar refractivity (Wildman–Crippen MR) is 104 cm³/mol. The Labute approximate surface area is 157 Å². The first kappa shape index (κ1) is 16.7. The Hall–Kier alpha value is -3.73. The molecular formula is C22H18N4O. The van der Waals surface area contributed by atoms with Gasteiger partial charge >= 0.3 is 0 Å². The Kier molecular flexibility index (Phi) is 4.74. The molecule has 5 nitrogen and oxygen atoms in total. The first-order chi connectivity index (χ1) is 13.3. The average Bonchev–Trinajstić information content (AvgIpc) is 3.28. The number of hydrogen-bond donors (Lipinski definition) is 1. The summed E-state index contributed by atoms with van der Waals surface area (Å²) in [6.07, 6.45) is 7.04. The molecule has 2 aromatic heterocycles. The quantitative estimate of drug-likeness (QED) is 0.593. The van der Waals surface area contributed by atoms with Crippen LogP contribution in [0.3, 0.4) is 0 Å². The van der Waals surface area contributed by atoms with Crippen LogP contribution in [0.1, 0.15) is 27.7 Å². The number of carbonyl (C=O) groups excluding carboxylic acids is 1. The second kappa shape index (κ2) is 7.66. The highest BCUT2D eigenvalue weighted by Gasteiger charge is 2.18. The summed E-state index contributed by atoms with van der Waals surface area (Å²) in [5, 5.41) is 3.10. The summed E-state index contributed by atoms with van der Waals surface area (Å²) in [4.78, 5) is 21.3. The van der Waals surface area contributed by atoms with Crippen LogP contribution in [0.25, 0.3) is 5.69 Å². The second-order valence-electron chi connectivity index (χ2n) is 6.09. The Morgan fingerprint density at radius 1 is 0.889 bits per heavy atom. The molecule has 0 bridgehead atoms. The lowest BCUT2D eigenvalue weighted by Gasteiger charge is -2.19. The first-order valence-electron chi connectivity index (χ1n) is 8.66. The third-order valence-electron chi connectivity index (χ3n) is 4.32. The molecule has 1 unspecified atom stereocenters. The van der Waals surface area contributed by atoms with E-state index in [1.54, 1.807) is 18.7 Å². The fourth-order valence-electron chi connectivity index (χ4n) is 2.93. The molecule has 1 amide bonds. The molecule has 4 rings (SSSR count). The molecule has 0 saturated carbocycles. The van der Waals surface area contributed by atoms with E-state index in [2.05, 4.69) is 15.3 Å². The molecule has 1 N–H and O–H groups in total. The monoisotopic (exact) mass is 354 g/mol. The van der Waals surface area contributed by atoms with Crippen molar-refractivity contribution in [2.24, 2.45) is 0 Å². The van der Waals surface area contributed by atoms with E-state index in [1.807, 2.05) is 83.6 Å². The van der Waals surface area contributed by atoms with Gasteiger partial charge in [-0.2, -0.15) is 0 Å². The Morgan fingerprint density at radius 2 is 1.67 bits per heavy atom. The van der Waals surface area contributed by atoms with Gasteiger partial charge in [0.2, 0.25) is 0 Å². The molecule has 0 aliphatic carbocycles. The molecule has 0 spiro atoms. The third kappa shape index (κ3) is 3.77. The van der Waals surface area contributed by atoms with E-state index in [0.29, 0.717) is 5.56 Å². The van der Waals surface area contributed by atoms with E-state index >= 15 is 0 Å². The topological polar surface area (TPSA) is 59.8 Å². The van der Waals surface area contributed by atoms with Gasteiger partial charge in [0.05, 0.1) is 18.1 Å². The third-order valence-corrected chi connectivity index (χ3v) is 4.32. The lowest BCUT2D eigenvalue weighted by molar-refractivity contribution is 0.0942. The number of aromatic nitrogens is 3. The van der Waals surface area contributed by atoms with Gasteiger partial charge in [-0.1, -0.05) is 36.4 Å². The van der Waals surface area contributed by atoms with Crippen molar-refractivity contribution in [3.8, 4) is 5.69 Å². The van der Waals surface area contributed by atoms with Crippen LogP contribution in [-0.4, -0.2) is 20.4 Å². The van der Waals surface area contributed by atoms with Gasteiger partial charge in [0.1, 0.15) is 0 Å². The largest absolute Gasteiger partial charge is 0.340 e. The minimum absolute atomic E-state index is 0.147. The number of benzene rings is 2. The molecule has 1 atom stereocenters. The number of nitrogens with one attached hydrogen (secondary N) is 1. The van der Waals surface area contributed by atoms with Gasteiger partial charge in [-0.25, -0.2) is 4.98 Å². The number of carbonyl (C=O) groups is 1. The number of pyridine rings is 1. The van der Waals surface area contributed by atoms with Gasteiger partial charge in [-0.15, -0.1) is 0 Å². The van der Waals surface area contributed by atoms with Crippen molar-refractivity contribution in [2.75, 3.05) is 0 Å². The molecule has 27 heavy (non-hydrogen) atoms. The SMILES string of the molecule is O=C(NC(c1ccccc1)c1ccccn1)c1ccc(-n2ccnc2)cc1. The molecule has 0 aliphatic rings. The maximum Gasteiger partial charge on any atom is 0.252 e. The van der Waals surface area contributed by atoms with E-state index in [-0.39, 0.29) is 11.9 Å². The molecule has 132 valence electrons.